The first-order valence-electron chi connectivity index (χ1n) is 10.5. The van der Waals surface area contributed by atoms with Gasteiger partial charge in [-0.25, -0.2) is 9.78 Å². The zero-order valence-electron chi connectivity index (χ0n) is 17.8. The Morgan fingerprint density at radius 2 is 1.97 bits per heavy atom. The molecule has 0 unspecified atom stereocenters. The number of ether oxygens (including phenoxy) is 3. The van der Waals surface area contributed by atoms with Gasteiger partial charge in [0.25, 0.3) is 0 Å². The number of hydrogen-bond acceptors (Lipinski definition) is 7. The number of carbonyl (C=O) groups excluding carboxylic acids is 1. The van der Waals surface area contributed by atoms with Crippen molar-refractivity contribution in [1.82, 2.24) is 9.88 Å². The maximum Gasteiger partial charge on any atom is 0.323 e. The van der Waals surface area contributed by atoms with Gasteiger partial charge in [-0.1, -0.05) is 11.3 Å². The first kappa shape index (κ1) is 21.1. The van der Waals surface area contributed by atoms with Gasteiger partial charge >= 0.3 is 6.03 Å². The van der Waals surface area contributed by atoms with Crippen molar-refractivity contribution in [3.05, 3.63) is 12.1 Å². The van der Waals surface area contributed by atoms with E-state index in [0.29, 0.717) is 30.2 Å². The lowest BCUT2D eigenvalue weighted by Crippen LogP contribution is -2.42. The first-order chi connectivity index (χ1) is 14.6. The number of carbonyl (C=O) groups is 1. The van der Waals surface area contributed by atoms with E-state index in [2.05, 4.69) is 21.3 Å². The zero-order valence-corrected chi connectivity index (χ0v) is 18.7. The minimum Gasteiger partial charge on any atom is -0.494 e. The average molecular weight is 435 g/mol. The minimum atomic E-state index is -0.123. The third kappa shape index (κ3) is 4.33. The number of benzene rings is 1. The van der Waals surface area contributed by atoms with Crippen LogP contribution in [-0.4, -0.2) is 75.6 Å². The molecule has 2 aromatic rings. The Balaban J connectivity index is 1.52. The van der Waals surface area contributed by atoms with E-state index in [0.717, 1.165) is 54.7 Å². The van der Waals surface area contributed by atoms with Crippen LogP contribution in [0.15, 0.2) is 12.1 Å². The number of thiazole rings is 1. The molecular formula is C21H30N4O4S. The molecule has 8 nitrogen and oxygen atoms in total. The smallest absolute Gasteiger partial charge is 0.323 e. The topological polar surface area (TPSA) is 76.2 Å². The van der Waals surface area contributed by atoms with Crippen LogP contribution < -0.4 is 15.0 Å². The van der Waals surface area contributed by atoms with Crippen LogP contribution in [0.2, 0.25) is 0 Å². The molecule has 1 saturated heterocycles. The molecule has 1 aromatic heterocycles. The second-order valence-corrected chi connectivity index (χ2v) is 8.79. The van der Waals surface area contributed by atoms with E-state index < -0.39 is 0 Å². The highest BCUT2D eigenvalue weighted by Crippen LogP contribution is 2.39. The van der Waals surface area contributed by atoms with Crippen molar-refractivity contribution >= 4 is 38.4 Å². The Hall–Kier alpha value is -2.10. The molecule has 2 aliphatic rings. The predicted octanol–water partition coefficient (Wildman–Crippen LogP) is 3.56. The van der Waals surface area contributed by atoms with E-state index in [1.54, 1.807) is 19.1 Å². The Morgan fingerprint density at radius 1 is 1.23 bits per heavy atom. The molecular weight excluding hydrogens is 404 g/mol. The van der Waals surface area contributed by atoms with Crippen LogP contribution in [0.5, 0.6) is 5.75 Å². The molecule has 0 atom stereocenters. The summed E-state index contributed by atoms with van der Waals surface area (Å²) in [5.74, 6) is 0.713. The lowest BCUT2D eigenvalue weighted by Gasteiger charge is -2.33. The maximum atomic E-state index is 12.9. The molecule has 0 spiro atoms. The summed E-state index contributed by atoms with van der Waals surface area (Å²) in [6, 6.07) is 4.11. The van der Waals surface area contributed by atoms with Crippen molar-refractivity contribution in [2.45, 2.75) is 37.8 Å². The van der Waals surface area contributed by atoms with E-state index in [1.165, 1.54) is 11.3 Å². The second kappa shape index (κ2) is 9.36. The molecule has 1 saturated carbocycles. The summed E-state index contributed by atoms with van der Waals surface area (Å²) < 4.78 is 17.5. The van der Waals surface area contributed by atoms with Gasteiger partial charge in [-0.2, -0.15) is 0 Å². The molecule has 2 fully saturated rings. The van der Waals surface area contributed by atoms with Crippen LogP contribution in [0.4, 0.5) is 15.6 Å². The van der Waals surface area contributed by atoms with Gasteiger partial charge < -0.3 is 24.0 Å². The SMILES string of the molecule is COc1ccc(N2CCOCC2)c2sc(NC(=O)N(C)[C@H]3CC[C@@H](OC)CC3)nc12. The summed E-state index contributed by atoms with van der Waals surface area (Å²) in [5, 5.41) is 3.59. The fraction of sp³-hybridized carbons (Fsp3) is 0.619. The van der Waals surface area contributed by atoms with Gasteiger partial charge in [-0.05, 0) is 37.8 Å². The molecule has 0 bridgehead atoms. The van der Waals surface area contributed by atoms with Gasteiger partial charge in [-0.15, -0.1) is 0 Å². The highest BCUT2D eigenvalue weighted by atomic mass is 32.1. The zero-order chi connectivity index (χ0) is 21.1. The molecule has 9 heteroatoms. The van der Waals surface area contributed by atoms with Gasteiger partial charge in [0.2, 0.25) is 0 Å². The number of aromatic nitrogens is 1. The molecule has 1 aromatic carbocycles. The summed E-state index contributed by atoms with van der Waals surface area (Å²) in [4.78, 5) is 21.7. The first-order valence-corrected chi connectivity index (χ1v) is 11.3. The molecule has 164 valence electrons. The van der Waals surface area contributed by atoms with Gasteiger partial charge in [0.1, 0.15) is 11.3 Å². The lowest BCUT2D eigenvalue weighted by molar-refractivity contribution is 0.0507. The van der Waals surface area contributed by atoms with E-state index >= 15 is 0 Å². The quantitative estimate of drug-likeness (QED) is 0.776. The van der Waals surface area contributed by atoms with Crippen molar-refractivity contribution in [1.29, 1.82) is 0 Å². The lowest BCUT2D eigenvalue weighted by atomic mass is 9.92. The molecule has 0 radical (unpaired) electrons. The Morgan fingerprint density at radius 3 is 2.63 bits per heavy atom. The number of hydrogen-bond donors (Lipinski definition) is 1. The van der Waals surface area contributed by atoms with Crippen LogP contribution in [-0.2, 0) is 9.47 Å². The van der Waals surface area contributed by atoms with Gasteiger partial charge in [-0.3, -0.25) is 5.32 Å². The normalized spacial score (nSPS) is 22.2. The minimum absolute atomic E-state index is 0.123. The summed E-state index contributed by atoms with van der Waals surface area (Å²) in [7, 11) is 5.26. The standard InChI is InChI=1S/C21H30N4O4S/c1-24(14-4-6-15(27-2)7-5-14)21(26)23-20-22-18-17(28-3)9-8-16(19(18)30-20)25-10-12-29-13-11-25/h8-9,14-15H,4-7,10-13H2,1-3H3,(H,22,23,26)/t14-,15+. The van der Waals surface area contributed by atoms with Crippen molar-refractivity contribution < 1.29 is 19.0 Å². The summed E-state index contributed by atoms with van der Waals surface area (Å²) in [6.07, 6.45) is 4.20. The molecule has 30 heavy (non-hydrogen) atoms. The highest BCUT2D eigenvalue weighted by molar-refractivity contribution is 7.23. The molecule has 2 heterocycles. The molecule has 2 amide bonds. The fourth-order valence-electron chi connectivity index (χ4n) is 4.26. The van der Waals surface area contributed by atoms with E-state index in [1.807, 2.05) is 13.1 Å². The number of amides is 2. The third-order valence-electron chi connectivity index (χ3n) is 6.12. The number of fused-ring (bicyclic) bond motifs is 1. The average Bonchev–Trinajstić information content (AvgIpc) is 3.22. The van der Waals surface area contributed by atoms with Crippen LogP contribution in [0, 0.1) is 0 Å². The highest BCUT2D eigenvalue weighted by Gasteiger charge is 2.27. The number of nitrogens with zero attached hydrogens (tertiary/aromatic N) is 3. The van der Waals surface area contributed by atoms with E-state index in [-0.39, 0.29) is 12.1 Å². The Labute approximate surface area is 181 Å². The van der Waals surface area contributed by atoms with Crippen LogP contribution in [0.25, 0.3) is 10.2 Å². The van der Waals surface area contributed by atoms with E-state index in [9.17, 15) is 4.79 Å². The fourth-order valence-corrected chi connectivity index (χ4v) is 5.27. The van der Waals surface area contributed by atoms with Crippen molar-refractivity contribution in [3.8, 4) is 5.75 Å². The number of methoxy groups -OCH3 is 2. The Bertz CT molecular complexity index is 875. The predicted molar refractivity (Wildman–Crippen MR) is 119 cm³/mol. The Kier molecular flexibility index (Phi) is 6.60. The number of rotatable bonds is 5. The summed E-state index contributed by atoms with van der Waals surface area (Å²) >= 11 is 1.49. The number of nitrogens with one attached hydrogen (secondary N) is 1. The summed E-state index contributed by atoms with van der Waals surface area (Å²) in [6.45, 7) is 3.11. The van der Waals surface area contributed by atoms with Gasteiger partial charge in [0.15, 0.2) is 5.13 Å². The largest absolute Gasteiger partial charge is 0.494 e. The monoisotopic (exact) mass is 434 g/mol. The van der Waals surface area contributed by atoms with Crippen LogP contribution in [0.1, 0.15) is 25.7 Å². The number of morpholine rings is 1. The van der Waals surface area contributed by atoms with Crippen molar-refractivity contribution in [2.75, 3.05) is 57.8 Å². The molecule has 4 rings (SSSR count). The number of urea groups is 1. The van der Waals surface area contributed by atoms with Gasteiger partial charge in [0.05, 0.1) is 36.8 Å². The van der Waals surface area contributed by atoms with Crippen LogP contribution >= 0.6 is 11.3 Å². The molecule has 1 N–H and O–H groups in total. The van der Waals surface area contributed by atoms with Crippen LogP contribution in [0.3, 0.4) is 0 Å². The van der Waals surface area contributed by atoms with Crippen molar-refractivity contribution in [3.63, 3.8) is 0 Å². The second-order valence-electron chi connectivity index (χ2n) is 7.79. The van der Waals surface area contributed by atoms with Crippen molar-refractivity contribution in [2.24, 2.45) is 0 Å². The van der Waals surface area contributed by atoms with Gasteiger partial charge in [0, 0.05) is 33.3 Å². The summed E-state index contributed by atoms with van der Waals surface area (Å²) in [5.41, 5.74) is 1.89. The van der Waals surface area contributed by atoms with E-state index in [4.69, 9.17) is 14.2 Å². The molecule has 1 aliphatic heterocycles. The number of anilines is 2. The maximum absolute atomic E-state index is 12.9. The third-order valence-corrected chi connectivity index (χ3v) is 7.11. The molecule has 1 aliphatic carbocycles.